The van der Waals surface area contributed by atoms with Gasteiger partial charge in [-0.1, -0.05) is 6.42 Å². The second kappa shape index (κ2) is 2.41. The lowest BCUT2D eigenvalue weighted by Gasteiger charge is -2.30. The first-order valence-electron chi connectivity index (χ1n) is 5.79. The van der Waals surface area contributed by atoms with Crippen LogP contribution >= 0.6 is 0 Å². The second-order valence-electron chi connectivity index (χ2n) is 5.84. The lowest BCUT2D eigenvalue weighted by Crippen LogP contribution is -2.31. The molecule has 0 amide bonds. The van der Waals surface area contributed by atoms with Crippen LogP contribution in [0, 0.1) is 10.8 Å². The predicted octanol–water partition coefficient (Wildman–Crippen LogP) is 1.84. The largest absolute Gasteiger partial charge is 0.298 e. The van der Waals surface area contributed by atoms with Crippen LogP contribution in [0.4, 0.5) is 0 Å². The number of Topliss-reactive ketones (excluding diaryl/α,β-unsaturated/α-hetero) is 1. The molecule has 0 N–H and O–H groups in total. The topological polar surface area (TPSA) is 20.3 Å². The number of ketones is 1. The van der Waals surface area contributed by atoms with Crippen LogP contribution in [0.1, 0.15) is 39.0 Å². The van der Waals surface area contributed by atoms with Crippen LogP contribution in [-0.2, 0) is 4.79 Å². The Kier molecular flexibility index (Phi) is 1.53. The van der Waals surface area contributed by atoms with Crippen molar-refractivity contribution in [2.75, 3.05) is 13.6 Å². The van der Waals surface area contributed by atoms with E-state index in [-0.39, 0.29) is 6.04 Å². The Morgan fingerprint density at radius 1 is 1.36 bits per heavy atom. The van der Waals surface area contributed by atoms with Gasteiger partial charge in [0.15, 0.2) is 0 Å². The molecule has 0 radical (unpaired) electrons. The zero-order valence-corrected chi connectivity index (χ0v) is 9.18. The smallest absolute Gasteiger partial charge is 0.146 e. The summed E-state index contributed by atoms with van der Waals surface area (Å²) in [4.78, 5) is 13.7. The fraction of sp³-hybridized carbons (Fsp3) is 0.917. The van der Waals surface area contributed by atoms with Crippen molar-refractivity contribution in [1.29, 1.82) is 0 Å². The van der Waals surface area contributed by atoms with Crippen molar-refractivity contribution in [3.05, 3.63) is 0 Å². The molecule has 2 heteroatoms. The van der Waals surface area contributed by atoms with Crippen LogP contribution in [0.15, 0.2) is 0 Å². The van der Waals surface area contributed by atoms with Crippen molar-refractivity contribution in [2.45, 2.75) is 45.1 Å². The third-order valence-corrected chi connectivity index (χ3v) is 5.12. The number of nitrogens with zero attached hydrogens (tertiary/aromatic N) is 1. The number of hydrogen-bond donors (Lipinski definition) is 0. The molecular weight excluding hydrogens is 174 g/mol. The van der Waals surface area contributed by atoms with Crippen LogP contribution in [0.25, 0.3) is 0 Å². The summed E-state index contributed by atoms with van der Waals surface area (Å²) in [5.74, 6) is 0.366. The highest BCUT2D eigenvalue weighted by atomic mass is 16.1. The normalized spacial score (nSPS) is 44.3. The molecule has 0 aromatic heterocycles. The Bertz CT molecular complexity index is 295. The van der Waals surface area contributed by atoms with Gasteiger partial charge in [-0.3, -0.25) is 9.69 Å². The van der Waals surface area contributed by atoms with Gasteiger partial charge in [0.25, 0.3) is 0 Å². The molecule has 1 heterocycles. The molecule has 3 aliphatic rings. The number of carbonyl (C=O) groups is 1. The van der Waals surface area contributed by atoms with Gasteiger partial charge in [0.1, 0.15) is 5.78 Å². The van der Waals surface area contributed by atoms with E-state index in [0.29, 0.717) is 16.6 Å². The first-order valence-corrected chi connectivity index (χ1v) is 5.79. The number of likely N-dealkylation sites (tertiary alicyclic amines) is 1. The third kappa shape index (κ3) is 0.881. The fourth-order valence-electron chi connectivity index (χ4n) is 4.06. The molecular formula is C12H19NO. The van der Waals surface area contributed by atoms with E-state index < -0.39 is 0 Å². The van der Waals surface area contributed by atoms with Crippen molar-refractivity contribution in [2.24, 2.45) is 10.8 Å². The summed E-state index contributed by atoms with van der Waals surface area (Å²) < 4.78 is 0. The Labute approximate surface area is 85.7 Å². The molecule has 2 aliphatic carbocycles. The van der Waals surface area contributed by atoms with Crippen LogP contribution in [-0.4, -0.2) is 30.3 Å². The lowest BCUT2D eigenvalue weighted by atomic mass is 9.74. The van der Waals surface area contributed by atoms with Gasteiger partial charge in [-0.05, 0) is 50.5 Å². The van der Waals surface area contributed by atoms with Gasteiger partial charge in [0, 0.05) is 6.54 Å². The van der Waals surface area contributed by atoms with E-state index >= 15 is 0 Å². The molecule has 3 rings (SSSR count). The number of fused-ring (bicyclic) bond motifs is 1. The van der Waals surface area contributed by atoms with Crippen LogP contribution < -0.4 is 0 Å². The van der Waals surface area contributed by atoms with E-state index in [4.69, 9.17) is 0 Å². The maximum Gasteiger partial charge on any atom is 0.146 e. The average molecular weight is 193 g/mol. The molecule has 2 nitrogen and oxygen atoms in total. The highest BCUT2D eigenvalue weighted by Crippen LogP contribution is 2.77. The van der Waals surface area contributed by atoms with Crippen LogP contribution in [0.2, 0.25) is 0 Å². The van der Waals surface area contributed by atoms with Crippen molar-refractivity contribution in [3.63, 3.8) is 0 Å². The first kappa shape index (κ1) is 8.90. The maximum absolute atomic E-state index is 11.4. The fourth-order valence-corrected chi connectivity index (χ4v) is 4.06. The van der Waals surface area contributed by atoms with Gasteiger partial charge >= 0.3 is 0 Å². The van der Waals surface area contributed by atoms with Crippen molar-refractivity contribution in [3.8, 4) is 0 Å². The third-order valence-electron chi connectivity index (χ3n) is 5.12. The van der Waals surface area contributed by atoms with Crippen molar-refractivity contribution >= 4 is 5.78 Å². The highest BCUT2D eigenvalue weighted by molar-refractivity contribution is 5.82. The molecule has 0 aromatic carbocycles. The first-order chi connectivity index (χ1) is 6.59. The monoisotopic (exact) mass is 193 g/mol. The van der Waals surface area contributed by atoms with E-state index in [1.54, 1.807) is 6.92 Å². The van der Waals surface area contributed by atoms with E-state index in [2.05, 4.69) is 11.9 Å². The van der Waals surface area contributed by atoms with Crippen LogP contribution in [0.5, 0.6) is 0 Å². The minimum atomic E-state index is 0.231. The van der Waals surface area contributed by atoms with Crippen molar-refractivity contribution in [1.82, 2.24) is 4.90 Å². The zero-order valence-electron chi connectivity index (χ0n) is 9.18. The standard InChI is InChI=1S/C12H19NO/c1-9(14)10-6-12(8-13(10)2)7-11(12)4-3-5-11/h10H,3-8H2,1-2H3/t10-,12-/m0/s1. The molecule has 14 heavy (non-hydrogen) atoms. The predicted molar refractivity (Wildman–Crippen MR) is 55.1 cm³/mol. The SMILES string of the molecule is CC(=O)[C@@H]1C[C@@]2(CN1C)CC21CCC1. The number of likely N-dealkylation sites (N-methyl/N-ethyl adjacent to an activating group) is 1. The molecule has 3 fully saturated rings. The lowest BCUT2D eigenvalue weighted by molar-refractivity contribution is -0.120. The maximum atomic E-state index is 11.4. The average Bonchev–Trinajstić information content (AvgIpc) is 2.56. The molecule has 1 aliphatic heterocycles. The number of carbonyl (C=O) groups excluding carboxylic acids is 1. The summed E-state index contributed by atoms with van der Waals surface area (Å²) in [5.41, 5.74) is 1.27. The van der Waals surface area contributed by atoms with Crippen molar-refractivity contribution < 1.29 is 4.79 Å². The second-order valence-corrected chi connectivity index (χ2v) is 5.84. The summed E-state index contributed by atoms with van der Waals surface area (Å²) in [7, 11) is 2.12. The summed E-state index contributed by atoms with van der Waals surface area (Å²) >= 11 is 0. The molecule has 1 saturated heterocycles. The molecule has 0 bridgehead atoms. The zero-order chi connectivity index (χ0) is 9.97. The number of rotatable bonds is 1. The molecule has 2 saturated carbocycles. The van der Waals surface area contributed by atoms with Gasteiger partial charge in [-0.15, -0.1) is 0 Å². The summed E-state index contributed by atoms with van der Waals surface area (Å²) in [6.45, 7) is 2.92. The van der Waals surface area contributed by atoms with Crippen LogP contribution in [0.3, 0.4) is 0 Å². The van der Waals surface area contributed by atoms with Gasteiger partial charge in [0.2, 0.25) is 0 Å². The highest BCUT2D eigenvalue weighted by Gasteiger charge is 2.71. The van der Waals surface area contributed by atoms with E-state index in [1.165, 1.54) is 32.2 Å². The van der Waals surface area contributed by atoms with Gasteiger partial charge in [-0.25, -0.2) is 0 Å². The minimum Gasteiger partial charge on any atom is -0.298 e. The van der Waals surface area contributed by atoms with Gasteiger partial charge in [0.05, 0.1) is 6.04 Å². The molecule has 0 unspecified atom stereocenters. The Morgan fingerprint density at radius 2 is 2.07 bits per heavy atom. The molecule has 0 aromatic rings. The quantitative estimate of drug-likeness (QED) is 0.633. The van der Waals surface area contributed by atoms with Gasteiger partial charge < -0.3 is 0 Å². The van der Waals surface area contributed by atoms with E-state index in [0.717, 1.165) is 6.42 Å². The molecule has 2 atom stereocenters. The number of hydrogen-bond acceptors (Lipinski definition) is 2. The molecule has 2 spiro atoms. The van der Waals surface area contributed by atoms with Gasteiger partial charge in [-0.2, -0.15) is 0 Å². The molecule has 78 valence electrons. The van der Waals surface area contributed by atoms with E-state index in [9.17, 15) is 4.79 Å². The summed E-state index contributed by atoms with van der Waals surface area (Å²) in [6, 6.07) is 0.231. The summed E-state index contributed by atoms with van der Waals surface area (Å²) in [5, 5.41) is 0. The van der Waals surface area contributed by atoms with E-state index in [1.807, 2.05) is 0 Å². The Balaban J connectivity index is 1.78. The minimum absolute atomic E-state index is 0.231. The summed E-state index contributed by atoms with van der Waals surface area (Å²) in [6.07, 6.45) is 6.86. The Morgan fingerprint density at radius 3 is 2.43 bits per heavy atom. The Hall–Kier alpha value is -0.370.